The van der Waals surface area contributed by atoms with Crippen molar-refractivity contribution in [1.82, 2.24) is 5.32 Å². The predicted octanol–water partition coefficient (Wildman–Crippen LogP) is 2.89. The number of anilines is 1. The zero-order valence-electron chi connectivity index (χ0n) is 13.4. The number of ether oxygens (including phenoxy) is 1. The summed E-state index contributed by atoms with van der Waals surface area (Å²) >= 11 is 0. The molecule has 0 aliphatic carbocycles. The van der Waals surface area contributed by atoms with Gasteiger partial charge < -0.3 is 10.1 Å². The minimum Gasteiger partial charge on any atom is -0.439 e. The average molecular weight is 346 g/mol. The summed E-state index contributed by atoms with van der Waals surface area (Å²) < 4.78 is 32.7. The molecule has 3 rings (SSSR count). The molecule has 1 saturated heterocycles. The number of alkyl carbamates (subject to hydrolysis) is 1. The lowest BCUT2D eigenvalue weighted by molar-refractivity contribution is 0.141. The van der Waals surface area contributed by atoms with Crippen LogP contribution in [0.5, 0.6) is 0 Å². The van der Waals surface area contributed by atoms with Crippen LogP contribution in [0.2, 0.25) is 0 Å². The van der Waals surface area contributed by atoms with Gasteiger partial charge in [-0.1, -0.05) is 29.8 Å². The van der Waals surface area contributed by atoms with Crippen molar-refractivity contribution in [3.8, 4) is 0 Å². The third-order valence-electron chi connectivity index (χ3n) is 3.84. The largest absolute Gasteiger partial charge is 0.439 e. The summed E-state index contributed by atoms with van der Waals surface area (Å²) in [4.78, 5) is 11.3. The number of hydrogen-bond donors (Lipinski definition) is 2. The number of benzene rings is 2. The van der Waals surface area contributed by atoms with Crippen LogP contribution in [0.3, 0.4) is 0 Å². The fourth-order valence-corrected chi connectivity index (χ4v) is 3.94. The van der Waals surface area contributed by atoms with E-state index in [1.807, 2.05) is 13.0 Å². The Hall–Kier alpha value is -2.54. The Balaban J connectivity index is 1.79. The molecule has 7 heteroatoms. The predicted molar refractivity (Wildman–Crippen MR) is 90.4 cm³/mol. The van der Waals surface area contributed by atoms with E-state index >= 15 is 0 Å². The van der Waals surface area contributed by atoms with Gasteiger partial charge in [0, 0.05) is 5.69 Å². The lowest BCUT2D eigenvalue weighted by Gasteiger charge is -2.12. The number of cyclic esters (lactones) is 1. The summed E-state index contributed by atoms with van der Waals surface area (Å²) in [6.07, 6.45) is -0.790. The van der Waals surface area contributed by atoms with E-state index in [4.69, 9.17) is 4.74 Å². The second kappa shape index (κ2) is 6.16. The molecule has 0 saturated carbocycles. The smallest absolute Gasteiger partial charge is 0.407 e. The Morgan fingerprint density at radius 3 is 2.42 bits per heavy atom. The molecule has 0 spiro atoms. The van der Waals surface area contributed by atoms with Gasteiger partial charge in [-0.15, -0.1) is 0 Å². The highest BCUT2D eigenvalue weighted by Crippen LogP contribution is 2.24. The molecule has 1 atom stereocenters. The van der Waals surface area contributed by atoms with Crippen molar-refractivity contribution in [1.29, 1.82) is 0 Å². The molecule has 1 fully saturated rings. The summed E-state index contributed by atoms with van der Waals surface area (Å²) in [5, 5.41) is 2.58. The van der Waals surface area contributed by atoms with Gasteiger partial charge in [0.1, 0.15) is 6.10 Å². The normalized spacial score (nSPS) is 17.2. The van der Waals surface area contributed by atoms with Gasteiger partial charge in [-0.2, -0.15) is 0 Å². The summed E-state index contributed by atoms with van der Waals surface area (Å²) in [6, 6.07) is 12.0. The fourth-order valence-electron chi connectivity index (χ4n) is 2.65. The molecule has 2 aromatic carbocycles. The van der Waals surface area contributed by atoms with Gasteiger partial charge in [0.2, 0.25) is 0 Å². The van der Waals surface area contributed by atoms with E-state index in [2.05, 4.69) is 10.0 Å². The molecule has 0 radical (unpaired) electrons. The molecule has 2 aromatic rings. The van der Waals surface area contributed by atoms with Gasteiger partial charge in [-0.05, 0) is 43.2 Å². The van der Waals surface area contributed by atoms with Crippen LogP contribution < -0.4 is 10.0 Å². The Morgan fingerprint density at radius 1 is 1.12 bits per heavy atom. The molecule has 6 nitrogen and oxygen atoms in total. The minimum absolute atomic E-state index is 0.256. The topological polar surface area (TPSA) is 84.5 Å². The van der Waals surface area contributed by atoms with Crippen molar-refractivity contribution in [3.05, 3.63) is 59.2 Å². The first-order valence-electron chi connectivity index (χ1n) is 7.50. The van der Waals surface area contributed by atoms with Crippen LogP contribution in [0.25, 0.3) is 0 Å². The maximum absolute atomic E-state index is 12.5. The van der Waals surface area contributed by atoms with E-state index in [-0.39, 0.29) is 11.0 Å². The van der Waals surface area contributed by atoms with Crippen LogP contribution in [-0.4, -0.2) is 21.1 Å². The quantitative estimate of drug-likeness (QED) is 0.891. The van der Waals surface area contributed by atoms with Crippen LogP contribution in [-0.2, 0) is 14.8 Å². The SMILES string of the molecule is Cc1ccc(S(=O)(=O)Nc2ccc(C3CNC(=O)O3)cc2)c(C)c1. The van der Waals surface area contributed by atoms with Crippen LogP contribution in [0.15, 0.2) is 47.4 Å². The number of rotatable bonds is 4. The standard InChI is InChI=1S/C17H18N2O4S/c1-11-3-8-16(12(2)9-11)24(21,22)19-14-6-4-13(5-7-14)15-10-18-17(20)23-15/h3-9,15,19H,10H2,1-2H3,(H,18,20). The molecule has 1 aliphatic rings. The van der Waals surface area contributed by atoms with Crippen LogP contribution in [0.4, 0.5) is 10.5 Å². The highest BCUT2D eigenvalue weighted by Gasteiger charge is 2.24. The molecule has 2 N–H and O–H groups in total. The van der Waals surface area contributed by atoms with Crippen molar-refractivity contribution in [3.63, 3.8) is 0 Å². The van der Waals surface area contributed by atoms with Gasteiger partial charge in [0.05, 0.1) is 11.4 Å². The molecular formula is C17H18N2O4S. The molecule has 126 valence electrons. The monoisotopic (exact) mass is 346 g/mol. The minimum atomic E-state index is -3.65. The summed E-state index contributed by atoms with van der Waals surface area (Å²) in [7, 11) is -3.65. The van der Waals surface area contributed by atoms with Gasteiger partial charge >= 0.3 is 6.09 Å². The summed E-state index contributed by atoms with van der Waals surface area (Å²) in [6.45, 7) is 4.10. The second-order valence-electron chi connectivity index (χ2n) is 5.77. The van der Waals surface area contributed by atoms with E-state index in [9.17, 15) is 13.2 Å². The molecule has 24 heavy (non-hydrogen) atoms. The highest BCUT2D eigenvalue weighted by molar-refractivity contribution is 7.92. The van der Waals surface area contributed by atoms with Gasteiger partial charge in [0.25, 0.3) is 10.0 Å². The van der Waals surface area contributed by atoms with Crippen LogP contribution in [0, 0.1) is 13.8 Å². The van der Waals surface area contributed by atoms with E-state index in [1.165, 1.54) is 0 Å². The summed E-state index contributed by atoms with van der Waals surface area (Å²) in [5.41, 5.74) is 2.97. The number of hydrogen-bond acceptors (Lipinski definition) is 4. The lowest BCUT2D eigenvalue weighted by atomic mass is 10.1. The molecule has 1 heterocycles. The van der Waals surface area contributed by atoms with Gasteiger partial charge in [-0.25, -0.2) is 13.2 Å². The Morgan fingerprint density at radius 2 is 1.83 bits per heavy atom. The number of carbonyl (C=O) groups is 1. The second-order valence-corrected chi connectivity index (χ2v) is 7.42. The molecular weight excluding hydrogens is 328 g/mol. The van der Waals surface area contributed by atoms with E-state index < -0.39 is 16.1 Å². The lowest BCUT2D eigenvalue weighted by Crippen LogP contribution is -2.14. The zero-order valence-corrected chi connectivity index (χ0v) is 14.2. The molecule has 1 aliphatic heterocycles. The van der Waals surface area contributed by atoms with Crippen molar-refractivity contribution < 1.29 is 17.9 Å². The van der Waals surface area contributed by atoms with Crippen molar-refractivity contribution in [2.24, 2.45) is 0 Å². The molecule has 0 aromatic heterocycles. The first-order chi connectivity index (χ1) is 11.3. The highest BCUT2D eigenvalue weighted by atomic mass is 32.2. The van der Waals surface area contributed by atoms with Crippen molar-refractivity contribution in [2.45, 2.75) is 24.8 Å². The van der Waals surface area contributed by atoms with E-state index in [1.54, 1.807) is 43.3 Å². The van der Waals surface area contributed by atoms with Crippen LogP contribution in [0.1, 0.15) is 22.8 Å². The Labute approximate surface area is 140 Å². The van der Waals surface area contributed by atoms with Gasteiger partial charge in [0.15, 0.2) is 0 Å². The molecule has 1 unspecified atom stereocenters. The summed E-state index contributed by atoms with van der Waals surface area (Å²) in [5.74, 6) is 0. The number of carbonyl (C=O) groups excluding carboxylic acids is 1. The van der Waals surface area contributed by atoms with Crippen molar-refractivity contribution >= 4 is 21.8 Å². The zero-order chi connectivity index (χ0) is 17.3. The first-order valence-corrected chi connectivity index (χ1v) is 8.98. The van der Waals surface area contributed by atoms with Crippen LogP contribution >= 0.6 is 0 Å². The first kappa shape index (κ1) is 16.3. The average Bonchev–Trinajstić information content (AvgIpc) is 2.93. The number of nitrogens with one attached hydrogen (secondary N) is 2. The Bertz CT molecular complexity index is 876. The van der Waals surface area contributed by atoms with E-state index in [0.717, 1.165) is 11.1 Å². The third-order valence-corrected chi connectivity index (χ3v) is 5.38. The molecule has 0 bridgehead atoms. The number of amides is 1. The van der Waals surface area contributed by atoms with Gasteiger partial charge in [-0.3, -0.25) is 4.72 Å². The maximum atomic E-state index is 12.5. The number of sulfonamides is 1. The van der Waals surface area contributed by atoms with E-state index in [0.29, 0.717) is 17.8 Å². The fraction of sp³-hybridized carbons (Fsp3) is 0.235. The Kier molecular flexibility index (Phi) is 4.19. The third kappa shape index (κ3) is 3.35. The van der Waals surface area contributed by atoms with Crippen molar-refractivity contribution in [2.75, 3.05) is 11.3 Å². The molecule has 1 amide bonds. The maximum Gasteiger partial charge on any atom is 0.407 e. The number of aryl methyl sites for hydroxylation is 2.